The predicted octanol–water partition coefficient (Wildman–Crippen LogP) is 4.55. The molecule has 208 valence electrons. The zero-order chi connectivity index (χ0) is 28.3. The lowest BCUT2D eigenvalue weighted by atomic mass is 9.72. The Balaban J connectivity index is 1.41. The van der Waals surface area contributed by atoms with Crippen LogP contribution in [-0.2, 0) is 5.41 Å². The van der Waals surface area contributed by atoms with E-state index in [1.807, 2.05) is 48.3 Å². The molecular weight excluding hydrogens is 506 g/mol. The van der Waals surface area contributed by atoms with E-state index in [0.717, 1.165) is 18.6 Å². The standard InChI is InChI=1S/C31H35N5O4/c1-35(30-33-25-19-27(40-4)26(39-3)18-24(25)28(32)34-30)20-31(22-8-6-5-7-9-22)14-16-36(17-15-31)29(37)21-10-12-23(38-2)13-11-21/h5-13,18-19H,14-17,20H2,1-4H3,(H2,32,33,34). The number of rotatable bonds is 8. The molecule has 0 saturated carbocycles. The number of amides is 1. The van der Waals surface area contributed by atoms with Crippen LogP contribution in [0.15, 0.2) is 66.7 Å². The minimum absolute atomic E-state index is 0.0349. The van der Waals surface area contributed by atoms with Crippen LogP contribution in [0.3, 0.4) is 0 Å². The van der Waals surface area contributed by atoms with Crippen LogP contribution in [0.1, 0.15) is 28.8 Å². The summed E-state index contributed by atoms with van der Waals surface area (Å²) >= 11 is 0. The maximum Gasteiger partial charge on any atom is 0.253 e. The third-order valence-electron chi connectivity index (χ3n) is 7.83. The van der Waals surface area contributed by atoms with Crippen molar-refractivity contribution in [2.24, 2.45) is 0 Å². The van der Waals surface area contributed by atoms with E-state index in [9.17, 15) is 4.79 Å². The Morgan fingerprint density at radius 3 is 2.20 bits per heavy atom. The molecule has 2 N–H and O–H groups in total. The summed E-state index contributed by atoms with van der Waals surface area (Å²) in [5.41, 5.74) is 8.77. The van der Waals surface area contributed by atoms with Crippen molar-refractivity contribution in [3.63, 3.8) is 0 Å². The van der Waals surface area contributed by atoms with Crippen LogP contribution >= 0.6 is 0 Å². The molecule has 2 heterocycles. The summed E-state index contributed by atoms with van der Waals surface area (Å²) in [7, 11) is 6.78. The maximum atomic E-state index is 13.3. The van der Waals surface area contributed by atoms with Crippen LogP contribution in [0.4, 0.5) is 11.8 Å². The van der Waals surface area contributed by atoms with Gasteiger partial charge in [-0.05, 0) is 48.7 Å². The number of ether oxygens (including phenoxy) is 3. The number of benzene rings is 3. The first-order chi connectivity index (χ1) is 19.4. The van der Waals surface area contributed by atoms with Gasteiger partial charge in [0, 0.05) is 49.1 Å². The number of nitrogens with two attached hydrogens (primary N) is 1. The Hall–Kier alpha value is -4.53. The third kappa shape index (κ3) is 5.19. The van der Waals surface area contributed by atoms with E-state index < -0.39 is 0 Å². The van der Waals surface area contributed by atoms with Gasteiger partial charge in [0.25, 0.3) is 5.91 Å². The van der Waals surface area contributed by atoms with Gasteiger partial charge < -0.3 is 29.7 Å². The van der Waals surface area contributed by atoms with Crippen molar-refractivity contribution < 1.29 is 19.0 Å². The van der Waals surface area contributed by atoms with Crippen molar-refractivity contribution in [2.45, 2.75) is 18.3 Å². The predicted molar refractivity (Wildman–Crippen MR) is 157 cm³/mol. The molecule has 0 aliphatic carbocycles. The van der Waals surface area contributed by atoms with Crippen molar-refractivity contribution >= 4 is 28.6 Å². The first-order valence-corrected chi connectivity index (χ1v) is 13.3. The van der Waals surface area contributed by atoms with Gasteiger partial charge in [-0.2, -0.15) is 4.98 Å². The number of piperidine rings is 1. The van der Waals surface area contributed by atoms with E-state index in [2.05, 4.69) is 34.1 Å². The van der Waals surface area contributed by atoms with Gasteiger partial charge in [0.05, 0.1) is 26.8 Å². The monoisotopic (exact) mass is 541 g/mol. The number of carbonyl (C=O) groups is 1. The number of aromatic nitrogens is 2. The highest BCUT2D eigenvalue weighted by molar-refractivity contribution is 5.94. The van der Waals surface area contributed by atoms with E-state index in [0.29, 0.717) is 59.4 Å². The number of carbonyl (C=O) groups excluding carboxylic acids is 1. The molecule has 0 atom stereocenters. The Bertz CT molecular complexity index is 1490. The molecule has 0 bridgehead atoms. The minimum Gasteiger partial charge on any atom is -0.497 e. The number of anilines is 2. The van der Waals surface area contributed by atoms with Gasteiger partial charge in [-0.1, -0.05) is 30.3 Å². The molecule has 1 fully saturated rings. The zero-order valence-corrected chi connectivity index (χ0v) is 23.4. The summed E-state index contributed by atoms with van der Waals surface area (Å²) in [6, 6.07) is 21.4. The lowest BCUT2D eigenvalue weighted by Crippen LogP contribution is -2.50. The van der Waals surface area contributed by atoms with E-state index in [-0.39, 0.29) is 11.3 Å². The van der Waals surface area contributed by atoms with Crippen LogP contribution in [0.2, 0.25) is 0 Å². The summed E-state index contributed by atoms with van der Waals surface area (Å²) in [5, 5.41) is 0.706. The molecule has 9 heteroatoms. The first kappa shape index (κ1) is 27.1. The van der Waals surface area contributed by atoms with Crippen LogP contribution in [0, 0.1) is 0 Å². The second kappa shape index (κ2) is 11.3. The van der Waals surface area contributed by atoms with Crippen molar-refractivity contribution in [1.29, 1.82) is 0 Å². The Morgan fingerprint density at radius 1 is 0.925 bits per heavy atom. The summed E-state index contributed by atoms with van der Waals surface area (Å²) in [4.78, 5) is 26.7. The summed E-state index contributed by atoms with van der Waals surface area (Å²) in [5.74, 6) is 2.83. The number of likely N-dealkylation sites (tertiary alicyclic amines) is 1. The fourth-order valence-electron chi connectivity index (χ4n) is 5.55. The second-order valence-electron chi connectivity index (χ2n) is 10.2. The summed E-state index contributed by atoms with van der Waals surface area (Å²) in [6.45, 7) is 1.95. The van der Waals surface area contributed by atoms with Crippen LogP contribution in [-0.4, -0.2) is 68.8 Å². The van der Waals surface area contributed by atoms with Crippen LogP contribution in [0.25, 0.3) is 10.9 Å². The van der Waals surface area contributed by atoms with Gasteiger partial charge in [0.2, 0.25) is 5.95 Å². The van der Waals surface area contributed by atoms with Gasteiger partial charge in [0.15, 0.2) is 11.5 Å². The Morgan fingerprint density at radius 2 is 1.57 bits per heavy atom. The summed E-state index contributed by atoms with van der Waals surface area (Å²) in [6.07, 6.45) is 1.61. The van der Waals surface area contributed by atoms with Crippen LogP contribution in [0.5, 0.6) is 17.2 Å². The molecule has 0 radical (unpaired) electrons. The smallest absolute Gasteiger partial charge is 0.253 e. The highest BCUT2D eigenvalue weighted by Gasteiger charge is 2.39. The summed E-state index contributed by atoms with van der Waals surface area (Å²) < 4.78 is 16.1. The molecular formula is C31H35N5O4. The number of nitrogen functional groups attached to an aromatic ring is 1. The third-order valence-corrected chi connectivity index (χ3v) is 7.83. The van der Waals surface area contributed by atoms with Gasteiger partial charge in [-0.15, -0.1) is 0 Å². The van der Waals surface area contributed by atoms with Gasteiger partial charge in [-0.25, -0.2) is 4.98 Å². The normalized spacial score (nSPS) is 14.6. The quantitative estimate of drug-likeness (QED) is 0.347. The molecule has 5 rings (SSSR count). The van der Waals surface area contributed by atoms with Gasteiger partial charge in [-0.3, -0.25) is 4.79 Å². The van der Waals surface area contributed by atoms with Crippen molar-refractivity contribution in [1.82, 2.24) is 14.9 Å². The fraction of sp³-hybridized carbons (Fsp3) is 0.323. The van der Waals surface area contributed by atoms with Crippen molar-refractivity contribution in [3.8, 4) is 17.2 Å². The average Bonchev–Trinajstić information content (AvgIpc) is 3.00. The zero-order valence-electron chi connectivity index (χ0n) is 23.4. The average molecular weight is 542 g/mol. The SMILES string of the molecule is COc1ccc(C(=O)N2CCC(CN(C)c3nc(N)c4cc(OC)c(OC)cc4n3)(c3ccccc3)CC2)cc1. The molecule has 1 amide bonds. The van der Waals surface area contributed by atoms with E-state index in [1.165, 1.54) is 5.56 Å². The molecule has 4 aromatic rings. The van der Waals surface area contributed by atoms with Gasteiger partial charge >= 0.3 is 0 Å². The molecule has 1 aromatic heterocycles. The number of methoxy groups -OCH3 is 3. The van der Waals surface area contributed by atoms with Crippen LogP contribution < -0.4 is 24.8 Å². The highest BCUT2D eigenvalue weighted by Crippen LogP contribution is 2.38. The molecule has 1 aliphatic rings. The minimum atomic E-state index is -0.197. The molecule has 40 heavy (non-hydrogen) atoms. The lowest BCUT2D eigenvalue weighted by molar-refractivity contribution is 0.0669. The molecule has 9 nitrogen and oxygen atoms in total. The number of hydrogen-bond acceptors (Lipinski definition) is 8. The van der Waals surface area contributed by atoms with Crippen molar-refractivity contribution in [2.75, 3.05) is 58.6 Å². The van der Waals surface area contributed by atoms with E-state index in [4.69, 9.17) is 24.9 Å². The fourth-order valence-corrected chi connectivity index (χ4v) is 5.55. The molecule has 0 unspecified atom stereocenters. The van der Waals surface area contributed by atoms with E-state index in [1.54, 1.807) is 27.4 Å². The topological polar surface area (TPSA) is 103 Å². The second-order valence-corrected chi connectivity index (χ2v) is 10.2. The van der Waals surface area contributed by atoms with E-state index >= 15 is 0 Å². The number of fused-ring (bicyclic) bond motifs is 1. The first-order valence-electron chi connectivity index (χ1n) is 13.3. The van der Waals surface area contributed by atoms with Crippen molar-refractivity contribution in [3.05, 3.63) is 77.9 Å². The lowest BCUT2D eigenvalue weighted by Gasteiger charge is -2.44. The maximum absolute atomic E-state index is 13.3. The molecule has 3 aromatic carbocycles. The Kier molecular flexibility index (Phi) is 7.64. The number of likely N-dealkylation sites (N-methyl/N-ethyl adjacent to an activating group) is 1. The molecule has 1 aliphatic heterocycles. The van der Waals surface area contributed by atoms with Gasteiger partial charge in [0.1, 0.15) is 11.6 Å². The number of hydrogen-bond donors (Lipinski definition) is 1. The largest absolute Gasteiger partial charge is 0.497 e. The highest BCUT2D eigenvalue weighted by atomic mass is 16.5. The number of nitrogens with zero attached hydrogens (tertiary/aromatic N) is 4. The molecule has 0 spiro atoms. The Labute approximate surface area is 234 Å². The molecule has 1 saturated heterocycles.